The van der Waals surface area contributed by atoms with Gasteiger partial charge in [-0.25, -0.2) is 0 Å². The predicted molar refractivity (Wildman–Crippen MR) is 79.2 cm³/mol. The summed E-state index contributed by atoms with van der Waals surface area (Å²) in [5, 5.41) is 0. The minimum absolute atomic E-state index is 0.238. The molecule has 0 saturated heterocycles. The van der Waals surface area contributed by atoms with Gasteiger partial charge in [0.1, 0.15) is 5.78 Å². The van der Waals surface area contributed by atoms with Crippen molar-refractivity contribution < 1.29 is 4.79 Å². The molecule has 0 bridgehead atoms. The van der Waals surface area contributed by atoms with E-state index in [-0.39, 0.29) is 5.78 Å². The Kier molecular flexibility index (Phi) is 4.00. The van der Waals surface area contributed by atoms with Gasteiger partial charge in [0.05, 0.1) is 0 Å². The van der Waals surface area contributed by atoms with Gasteiger partial charge >= 0.3 is 0 Å². The third-order valence-electron chi connectivity index (χ3n) is 3.40. The van der Waals surface area contributed by atoms with Crippen LogP contribution >= 0.6 is 0 Å². The summed E-state index contributed by atoms with van der Waals surface area (Å²) in [6.45, 7) is 4.11. The molecule has 2 N–H and O–H groups in total. The van der Waals surface area contributed by atoms with Crippen molar-refractivity contribution in [1.29, 1.82) is 0 Å². The number of nitrogen functional groups attached to an aromatic ring is 1. The van der Waals surface area contributed by atoms with Gasteiger partial charge in [0, 0.05) is 18.5 Å². The summed E-state index contributed by atoms with van der Waals surface area (Å²) >= 11 is 0. The van der Waals surface area contributed by atoms with Gasteiger partial charge in [0.2, 0.25) is 0 Å². The van der Waals surface area contributed by atoms with Crippen molar-refractivity contribution in [2.24, 2.45) is 0 Å². The first-order valence-corrected chi connectivity index (χ1v) is 6.47. The topological polar surface area (TPSA) is 43.1 Å². The molecule has 0 aromatic heterocycles. The quantitative estimate of drug-likeness (QED) is 0.850. The lowest BCUT2D eigenvalue weighted by molar-refractivity contribution is -0.117. The molecule has 0 aliphatic heterocycles. The number of rotatable bonds is 4. The Balaban J connectivity index is 2.07. The summed E-state index contributed by atoms with van der Waals surface area (Å²) < 4.78 is 0. The van der Waals surface area contributed by atoms with E-state index in [0.29, 0.717) is 12.8 Å². The first-order valence-electron chi connectivity index (χ1n) is 6.47. The summed E-state index contributed by atoms with van der Waals surface area (Å²) in [5.41, 5.74) is 10.9. The van der Waals surface area contributed by atoms with Crippen LogP contribution in [0.5, 0.6) is 0 Å². The summed E-state index contributed by atoms with van der Waals surface area (Å²) in [7, 11) is 0. The molecular formula is C17H19NO. The van der Waals surface area contributed by atoms with Crippen LogP contribution in [0.25, 0.3) is 0 Å². The van der Waals surface area contributed by atoms with Crippen molar-refractivity contribution in [2.45, 2.75) is 26.7 Å². The first kappa shape index (κ1) is 13.3. The Hall–Kier alpha value is -2.09. The Morgan fingerprint density at radius 2 is 1.53 bits per heavy atom. The minimum atomic E-state index is 0.238. The van der Waals surface area contributed by atoms with E-state index in [1.807, 2.05) is 30.3 Å². The van der Waals surface area contributed by atoms with Gasteiger partial charge in [0.15, 0.2) is 0 Å². The van der Waals surface area contributed by atoms with E-state index >= 15 is 0 Å². The maximum atomic E-state index is 12.1. The van der Waals surface area contributed by atoms with Gasteiger partial charge in [-0.3, -0.25) is 4.79 Å². The molecule has 2 heteroatoms. The molecule has 0 aliphatic carbocycles. The fraction of sp³-hybridized carbons (Fsp3) is 0.235. The molecule has 2 nitrogen and oxygen atoms in total. The highest BCUT2D eigenvalue weighted by Crippen LogP contribution is 2.15. The second-order valence-electron chi connectivity index (χ2n) is 5.00. The highest BCUT2D eigenvalue weighted by atomic mass is 16.1. The Morgan fingerprint density at radius 1 is 0.947 bits per heavy atom. The van der Waals surface area contributed by atoms with Gasteiger partial charge < -0.3 is 5.73 Å². The van der Waals surface area contributed by atoms with Crippen molar-refractivity contribution >= 4 is 11.5 Å². The van der Waals surface area contributed by atoms with Crippen molar-refractivity contribution in [2.75, 3.05) is 5.73 Å². The molecule has 0 fully saturated rings. The number of nitrogens with two attached hydrogens (primary N) is 1. The molecule has 0 spiro atoms. The molecule has 0 radical (unpaired) electrons. The molecule has 0 aliphatic rings. The van der Waals surface area contributed by atoms with Crippen LogP contribution in [0.3, 0.4) is 0 Å². The monoisotopic (exact) mass is 253 g/mol. The van der Waals surface area contributed by atoms with Crippen LogP contribution in [0, 0.1) is 13.8 Å². The fourth-order valence-corrected chi connectivity index (χ4v) is 2.25. The number of benzene rings is 2. The normalized spacial score (nSPS) is 10.4. The molecule has 0 atom stereocenters. The lowest BCUT2D eigenvalue weighted by Gasteiger charge is -2.09. The number of Topliss-reactive ketones (excluding diaryl/α,β-unsaturated/α-hetero) is 1. The zero-order valence-electron chi connectivity index (χ0n) is 11.4. The molecule has 0 unspecified atom stereocenters. The zero-order valence-corrected chi connectivity index (χ0v) is 11.4. The van der Waals surface area contributed by atoms with Crippen LogP contribution in [0.15, 0.2) is 42.5 Å². The standard InChI is InChI=1S/C17H19NO/c1-12-4-3-5-13(2)17(12)11-16(19)10-14-6-8-15(18)9-7-14/h3-9H,10-11,18H2,1-2H3. The van der Waals surface area contributed by atoms with Crippen molar-refractivity contribution in [3.8, 4) is 0 Å². The van der Waals surface area contributed by atoms with E-state index < -0.39 is 0 Å². The van der Waals surface area contributed by atoms with E-state index in [4.69, 9.17) is 5.73 Å². The van der Waals surface area contributed by atoms with Gasteiger partial charge in [-0.05, 0) is 48.2 Å². The summed E-state index contributed by atoms with van der Waals surface area (Å²) in [6.07, 6.45) is 0.969. The zero-order chi connectivity index (χ0) is 13.8. The summed E-state index contributed by atoms with van der Waals surface area (Å²) in [6, 6.07) is 13.6. The van der Waals surface area contributed by atoms with E-state index in [9.17, 15) is 4.79 Å². The number of aryl methyl sites for hydroxylation is 2. The van der Waals surface area contributed by atoms with Crippen LogP contribution in [0.2, 0.25) is 0 Å². The third-order valence-corrected chi connectivity index (χ3v) is 3.40. The average molecular weight is 253 g/mol. The minimum Gasteiger partial charge on any atom is -0.399 e. The maximum Gasteiger partial charge on any atom is 0.141 e. The molecule has 0 amide bonds. The largest absolute Gasteiger partial charge is 0.399 e. The SMILES string of the molecule is Cc1cccc(C)c1CC(=O)Cc1ccc(N)cc1. The molecule has 2 aromatic rings. The van der Waals surface area contributed by atoms with Crippen LogP contribution in [0.1, 0.15) is 22.3 Å². The Bertz CT molecular complexity index is 564. The van der Waals surface area contributed by atoms with E-state index in [0.717, 1.165) is 16.8 Å². The van der Waals surface area contributed by atoms with E-state index in [2.05, 4.69) is 26.0 Å². The Labute approximate surface area is 114 Å². The average Bonchev–Trinajstić information content (AvgIpc) is 2.37. The number of ketones is 1. The highest BCUT2D eigenvalue weighted by molar-refractivity contribution is 5.83. The van der Waals surface area contributed by atoms with Gasteiger partial charge in [-0.15, -0.1) is 0 Å². The molecule has 19 heavy (non-hydrogen) atoms. The van der Waals surface area contributed by atoms with Gasteiger partial charge in [-0.1, -0.05) is 30.3 Å². The summed E-state index contributed by atoms with van der Waals surface area (Å²) in [5.74, 6) is 0.238. The molecular weight excluding hydrogens is 234 g/mol. The van der Waals surface area contributed by atoms with Crippen LogP contribution in [0.4, 0.5) is 5.69 Å². The molecule has 98 valence electrons. The van der Waals surface area contributed by atoms with Gasteiger partial charge in [0.25, 0.3) is 0 Å². The number of hydrogen-bond acceptors (Lipinski definition) is 2. The van der Waals surface area contributed by atoms with Crippen LogP contribution in [-0.4, -0.2) is 5.78 Å². The molecule has 2 aromatic carbocycles. The molecule has 2 rings (SSSR count). The number of anilines is 1. The Morgan fingerprint density at radius 3 is 2.11 bits per heavy atom. The van der Waals surface area contributed by atoms with Crippen molar-refractivity contribution in [3.05, 3.63) is 64.7 Å². The number of hydrogen-bond donors (Lipinski definition) is 1. The summed E-state index contributed by atoms with van der Waals surface area (Å²) in [4.78, 5) is 12.1. The van der Waals surface area contributed by atoms with Crippen LogP contribution < -0.4 is 5.73 Å². The van der Waals surface area contributed by atoms with Gasteiger partial charge in [-0.2, -0.15) is 0 Å². The maximum absolute atomic E-state index is 12.1. The highest BCUT2D eigenvalue weighted by Gasteiger charge is 2.09. The second-order valence-corrected chi connectivity index (χ2v) is 5.00. The third kappa shape index (κ3) is 3.44. The van der Waals surface area contributed by atoms with Crippen molar-refractivity contribution in [3.63, 3.8) is 0 Å². The van der Waals surface area contributed by atoms with Crippen molar-refractivity contribution in [1.82, 2.24) is 0 Å². The number of carbonyl (C=O) groups is 1. The second kappa shape index (κ2) is 5.70. The molecule has 0 heterocycles. The smallest absolute Gasteiger partial charge is 0.141 e. The first-order chi connectivity index (χ1) is 9.06. The fourth-order valence-electron chi connectivity index (χ4n) is 2.25. The molecule has 0 saturated carbocycles. The lowest BCUT2D eigenvalue weighted by Crippen LogP contribution is -2.09. The lowest BCUT2D eigenvalue weighted by atomic mass is 9.96. The predicted octanol–water partition coefficient (Wildman–Crippen LogP) is 3.24. The van der Waals surface area contributed by atoms with Crippen LogP contribution in [-0.2, 0) is 17.6 Å². The van der Waals surface area contributed by atoms with E-state index in [1.54, 1.807) is 0 Å². The van der Waals surface area contributed by atoms with E-state index in [1.165, 1.54) is 11.1 Å². The number of carbonyl (C=O) groups excluding carboxylic acids is 1.